The predicted octanol–water partition coefficient (Wildman–Crippen LogP) is 4.16. The fourth-order valence-electron chi connectivity index (χ4n) is 4.50. The van der Waals surface area contributed by atoms with E-state index < -0.39 is 54.6 Å². The summed E-state index contributed by atoms with van der Waals surface area (Å²) >= 11 is 0. The van der Waals surface area contributed by atoms with E-state index >= 15 is 0 Å². The van der Waals surface area contributed by atoms with Crippen molar-refractivity contribution in [1.29, 1.82) is 0 Å². The van der Waals surface area contributed by atoms with E-state index in [4.69, 9.17) is 29.3 Å². The maximum Gasteiger partial charge on any atom is 0.337 e. The Morgan fingerprint density at radius 2 is 1.16 bits per heavy atom. The summed E-state index contributed by atoms with van der Waals surface area (Å²) in [5.74, 6) is 0. The van der Waals surface area contributed by atoms with E-state index in [-0.39, 0.29) is 10.8 Å². The molecule has 7 N–H and O–H groups in total. The Balaban J connectivity index is 0.000000649. The largest absolute Gasteiger partial charge is 0.396 e. The van der Waals surface area contributed by atoms with Crippen LogP contribution in [0.2, 0.25) is 0 Å². The zero-order valence-electron chi connectivity index (χ0n) is 23.4. The standard InChI is InChI=1S/C21H36O5P2.C5H12O4/c1-15-13-16(19(2,3)4)18(17(14-15)20(5,6)7)21(11-9-8-10-12-21)25-28(24)26-27(22)23;6-1-5(2-7,3-8)4-9/h13-14,22-24H,8-12H2,1-7H3;6-9H,1-4H2. The lowest BCUT2D eigenvalue weighted by molar-refractivity contribution is -0.0328. The molecule has 1 aliphatic carbocycles. The first-order valence-corrected chi connectivity index (χ1v) is 14.9. The number of hydrogen-bond acceptors (Lipinski definition) is 9. The summed E-state index contributed by atoms with van der Waals surface area (Å²) in [6.07, 6.45) is 4.68. The lowest BCUT2D eigenvalue weighted by Gasteiger charge is -2.44. The molecule has 0 heterocycles. The maximum atomic E-state index is 10.4. The van der Waals surface area contributed by atoms with Crippen LogP contribution in [0.4, 0.5) is 0 Å². The number of benzene rings is 1. The topological polar surface area (TPSA) is 160 Å². The minimum atomic E-state index is -2.67. The maximum absolute atomic E-state index is 10.4. The molecule has 0 saturated heterocycles. The molecular weight excluding hydrogens is 518 g/mol. The Morgan fingerprint density at radius 3 is 1.46 bits per heavy atom. The quantitative estimate of drug-likeness (QED) is 0.218. The van der Waals surface area contributed by atoms with Gasteiger partial charge in [0.1, 0.15) is 5.60 Å². The number of hydrogen-bond donors (Lipinski definition) is 7. The molecule has 0 aliphatic heterocycles. The molecule has 1 aromatic carbocycles. The molecule has 1 saturated carbocycles. The summed E-state index contributed by atoms with van der Waals surface area (Å²) in [7, 11) is -5.06. The van der Waals surface area contributed by atoms with Crippen LogP contribution >= 0.6 is 17.2 Å². The number of aryl methyl sites for hydroxylation is 1. The molecule has 0 spiro atoms. The number of aliphatic hydroxyl groups excluding tert-OH is 4. The molecule has 37 heavy (non-hydrogen) atoms. The molecular formula is C26H48O9P2. The zero-order chi connectivity index (χ0) is 28.7. The van der Waals surface area contributed by atoms with E-state index in [1.165, 1.54) is 16.7 Å². The third kappa shape index (κ3) is 9.70. The molecule has 216 valence electrons. The predicted molar refractivity (Wildman–Crippen MR) is 147 cm³/mol. The van der Waals surface area contributed by atoms with Crippen LogP contribution in [0.3, 0.4) is 0 Å². The fraction of sp³-hybridized carbons (Fsp3) is 0.769. The first-order valence-electron chi connectivity index (χ1n) is 12.6. The van der Waals surface area contributed by atoms with Crippen LogP contribution in [0.5, 0.6) is 0 Å². The van der Waals surface area contributed by atoms with Crippen LogP contribution in [0.15, 0.2) is 12.1 Å². The smallest absolute Gasteiger partial charge is 0.337 e. The summed E-state index contributed by atoms with van der Waals surface area (Å²) in [4.78, 5) is 28.7. The summed E-state index contributed by atoms with van der Waals surface area (Å²) in [5.41, 5.74) is 2.78. The van der Waals surface area contributed by atoms with Gasteiger partial charge in [-0.1, -0.05) is 78.5 Å². The van der Waals surface area contributed by atoms with Gasteiger partial charge in [0.25, 0.3) is 0 Å². The van der Waals surface area contributed by atoms with E-state index in [0.717, 1.165) is 37.7 Å². The molecule has 1 fully saturated rings. The monoisotopic (exact) mass is 566 g/mol. The van der Waals surface area contributed by atoms with E-state index in [9.17, 15) is 14.7 Å². The van der Waals surface area contributed by atoms with Crippen molar-refractivity contribution < 1.29 is 43.9 Å². The highest BCUT2D eigenvalue weighted by Gasteiger charge is 2.44. The molecule has 2 rings (SSSR count). The van der Waals surface area contributed by atoms with Crippen molar-refractivity contribution in [1.82, 2.24) is 0 Å². The molecule has 9 nitrogen and oxygen atoms in total. The molecule has 1 aliphatic rings. The van der Waals surface area contributed by atoms with E-state index in [1.54, 1.807) is 0 Å². The highest BCUT2D eigenvalue weighted by molar-refractivity contribution is 7.54. The summed E-state index contributed by atoms with van der Waals surface area (Å²) in [6.45, 7) is 13.7. The van der Waals surface area contributed by atoms with Gasteiger partial charge < -0.3 is 39.6 Å². The first kappa shape index (κ1) is 34.7. The average Bonchev–Trinajstić information content (AvgIpc) is 2.79. The normalized spacial score (nSPS) is 17.4. The van der Waals surface area contributed by atoms with E-state index in [2.05, 4.69) is 60.6 Å². The van der Waals surface area contributed by atoms with Crippen LogP contribution < -0.4 is 0 Å². The fourth-order valence-corrected chi connectivity index (χ4v) is 5.70. The lowest BCUT2D eigenvalue weighted by Crippen LogP contribution is -2.37. The molecule has 0 radical (unpaired) electrons. The molecule has 1 atom stereocenters. The third-order valence-electron chi connectivity index (χ3n) is 6.75. The van der Waals surface area contributed by atoms with Gasteiger partial charge in [-0.3, -0.25) is 0 Å². The van der Waals surface area contributed by atoms with Crippen molar-refractivity contribution in [3.8, 4) is 0 Å². The van der Waals surface area contributed by atoms with Crippen LogP contribution in [0.25, 0.3) is 0 Å². The van der Waals surface area contributed by atoms with Gasteiger partial charge in [-0.25, -0.2) is 4.31 Å². The van der Waals surface area contributed by atoms with Gasteiger partial charge in [0.15, 0.2) is 0 Å². The minimum Gasteiger partial charge on any atom is -0.396 e. The van der Waals surface area contributed by atoms with Gasteiger partial charge in [-0.2, -0.15) is 0 Å². The summed E-state index contributed by atoms with van der Waals surface area (Å²) < 4.78 is 11.0. The van der Waals surface area contributed by atoms with Crippen molar-refractivity contribution in [2.45, 2.75) is 97.0 Å². The molecule has 0 bridgehead atoms. The molecule has 0 amide bonds. The van der Waals surface area contributed by atoms with E-state index in [1.807, 2.05) is 0 Å². The number of aliphatic hydroxyl groups is 4. The van der Waals surface area contributed by atoms with Crippen LogP contribution in [-0.4, -0.2) is 61.5 Å². The van der Waals surface area contributed by atoms with Crippen molar-refractivity contribution >= 4 is 17.2 Å². The van der Waals surface area contributed by atoms with Gasteiger partial charge in [0.2, 0.25) is 0 Å². The summed E-state index contributed by atoms with van der Waals surface area (Å²) in [6, 6.07) is 4.46. The highest BCUT2D eigenvalue weighted by atomic mass is 31.2. The average molecular weight is 567 g/mol. The second-order valence-corrected chi connectivity index (χ2v) is 13.9. The second-order valence-electron chi connectivity index (χ2n) is 12.1. The Morgan fingerprint density at radius 1 is 0.757 bits per heavy atom. The molecule has 1 aromatic rings. The number of rotatable bonds is 9. The summed E-state index contributed by atoms with van der Waals surface area (Å²) in [5, 5.41) is 34.0. The van der Waals surface area contributed by atoms with Crippen molar-refractivity contribution in [2.75, 3.05) is 26.4 Å². The van der Waals surface area contributed by atoms with Crippen molar-refractivity contribution in [3.05, 3.63) is 34.4 Å². The molecule has 0 aromatic heterocycles. The Hall–Kier alpha value is -0.280. The molecule has 1 unspecified atom stereocenters. The third-order valence-corrected chi connectivity index (χ3v) is 8.40. The van der Waals surface area contributed by atoms with Gasteiger partial charge in [0.05, 0.1) is 31.8 Å². The lowest BCUT2D eigenvalue weighted by atomic mass is 9.67. The Bertz CT molecular complexity index is 772. The van der Waals surface area contributed by atoms with Crippen molar-refractivity contribution in [2.24, 2.45) is 5.41 Å². The zero-order valence-corrected chi connectivity index (χ0v) is 25.1. The van der Waals surface area contributed by atoms with Gasteiger partial charge in [0, 0.05) is 0 Å². The minimum absolute atomic E-state index is 0.102. The van der Waals surface area contributed by atoms with Crippen LogP contribution in [0, 0.1) is 12.3 Å². The second kappa shape index (κ2) is 14.4. The SMILES string of the molecule is Cc1cc(C(C)(C)C)c(C2(OP(O)OP(O)O)CCCCC2)c(C(C)(C)C)c1.OCC(CO)(CO)CO. The van der Waals surface area contributed by atoms with Gasteiger partial charge >= 0.3 is 17.2 Å². The van der Waals surface area contributed by atoms with Crippen molar-refractivity contribution in [3.63, 3.8) is 0 Å². The molecule has 11 heteroatoms. The van der Waals surface area contributed by atoms with Crippen LogP contribution in [0.1, 0.15) is 95.9 Å². The Kier molecular flexibility index (Phi) is 13.5. The van der Waals surface area contributed by atoms with Gasteiger partial charge in [-0.05, 0) is 47.3 Å². The highest BCUT2D eigenvalue weighted by Crippen LogP contribution is 2.57. The van der Waals surface area contributed by atoms with Gasteiger partial charge in [-0.15, -0.1) is 0 Å². The Labute approximate surface area is 224 Å². The van der Waals surface area contributed by atoms with Crippen LogP contribution in [-0.2, 0) is 25.3 Å². The van der Waals surface area contributed by atoms with E-state index in [0.29, 0.717) is 0 Å². The first-order chi connectivity index (χ1) is 17.0.